The Hall–Kier alpha value is -2.67. The van der Waals surface area contributed by atoms with Crippen molar-refractivity contribution in [1.29, 1.82) is 5.26 Å². The summed E-state index contributed by atoms with van der Waals surface area (Å²) in [7, 11) is 1.70. The Morgan fingerprint density at radius 1 is 1.22 bits per heavy atom. The third-order valence-corrected chi connectivity index (χ3v) is 8.40. The first-order valence-corrected chi connectivity index (χ1v) is 13.0. The van der Waals surface area contributed by atoms with E-state index in [0.29, 0.717) is 48.7 Å². The quantitative estimate of drug-likeness (QED) is 0.594. The Kier molecular flexibility index (Phi) is 8.50. The maximum atomic E-state index is 13.4. The number of nitrogens with zero attached hydrogens (tertiary/aromatic N) is 4. The molecule has 2 aliphatic heterocycles. The highest BCUT2D eigenvalue weighted by Gasteiger charge is 2.43. The van der Waals surface area contributed by atoms with Gasteiger partial charge in [-0.1, -0.05) is 17.7 Å². The minimum absolute atomic E-state index is 0.0158. The predicted molar refractivity (Wildman–Crippen MR) is 133 cm³/mol. The molecule has 4 rings (SSSR count). The molecule has 3 fully saturated rings. The molecule has 3 aliphatic rings. The molecule has 10 heteroatoms. The second kappa shape index (κ2) is 11.6. The molecule has 2 saturated heterocycles. The van der Waals surface area contributed by atoms with Crippen molar-refractivity contribution in [3.05, 3.63) is 34.3 Å². The number of amides is 3. The number of likely N-dealkylation sites (N-methyl/N-ethyl adjacent to an activating group) is 1. The molecule has 36 heavy (non-hydrogen) atoms. The topological polar surface area (TPSA) is 117 Å². The van der Waals surface area contributed by atoms with E-state index < -0.39 is 6.61 Å². The van der Waals surface area contributed by atoms with Crippen LogP contribution in [0.4, 0.5) is 0 Å². The molecule has 0 radical (unpaired) electrons. The van der Waals surface area contributed by atoms with Crippen molar-refractivity contribution in [2.45, 2.75) is 44.7 Å². The highest BCUT2D eigenvalue weighted by molar-refractivity contribution is 6.31. The minimum atomic E-state index is -0.441. The van der Waals surface area contributed by atoms with Crippen LogP contribution in [0.1, 0.15) is 43.2 Å². The number of aliphatic hydroxyl groups is 1. The Morgan fingerprint density at radius 2 is 1.97 bits per heavy atom. The first kappa shape index (κ1) is 26.4. The molecule has 1 saturated carbocycles. The van der Waals surface area contributed by atoms with Crippen molar-refractivity contribution in [3.8, 4) is 6.07 Å². The number of carbonyl (C=O) groups is 3. The maximum Gasteiger partial charge on any atom is 0.248 e. The van der Waals surface area contributed by atoms with E-state index in [-0.39, 0.29) is 36.2 Å². The lowest BCUT2D eigenvalue weighted by atomic mass is 9.69. The molecule has 0 spiro atoms. The number of hydrogen-bond donors (Lipinski definition) is 2. The fraction of sp³-hybridized carbons (Fsp3) is 0.615. The van der Waals surface area contributed by atoms with Gasteiger partial charge < -0.3 is 19.8 Å². The van der Waals surface area contributed by atoms with Crippen LogP contribution < -0.4 is 5.32 Å². The van der Waals surface area contributed by atoms with Crippen LogP contribution in [0, 0.1) is 29.1 Å². The highest BCUT2D eigenvalue weighted by atomic mass is 35.5. The van der Waals surface area contributed by atoms with Gasteiger partial charge in [0.15, 0.2) is 0 Å². The third kappa shape index (κ3) is 5.83. The van der Waals surface area contributed by atoms with Crippen LogP contribution in [0.25, 0.3) is 0 Å². The summed E-state index contributed by atoms with van der Waals surface area (Å²) in [5.41, 5.74) is 1.21. The van der Waals surface area contributed by atoms with Crippen molar-refractivity contribution in [3.63, 3.8) is 0 Å². The zero-order valence-corrected chi connectivity index (χ0v) is 21.4. The SMILES string of the molecule is CN(Cc1ccc(C#N)c(Cl)c1)C(=O)CN1CNC2CCC(C3CCN(C(=O)CO)CC3)CC2C1=O. The fourth-order valence-electron chi connectivity index (χ4n) is 5.94. The maximum absolute atomic E-state index is 13.4. The molecule has 3 atom stereocenters. The van der Waals surface area contributed by atoms with Gasteiger partial charge in [-0.2, -0.15) is 5.26 Å². The Labute approximate surface area is 217 Å². The van der Waals surface area contributed by atoms with Gasteiger partial charge in [0.2, 0.25) is 17.7 Å². The van der Waals surface area contributed by atoms with Crippen molar-refractivity contribution >= 4 is 29.3 Å². The molecule has 9 nitrogen and oxygen atoms in total. The fourth-order valence-corrected chi connectivity index (χ4v) is 6.18. The summed E-state index contributed by atoms with van der Waals surface area (Å²) in [4.78, 5) is 43.0. The standard InChI is InChI=1S/C26H34ClN5O4/c1-30(13-17-2-3-20(12-28)22(27)10-17)24(34)14-32-16-29-23-5-4-19(11-21(23)26(32)36)18-6-8-31(9-7-18)25(35)15-33/h2-3,10,18-19,21,23,29,33H,4-9,11,13-16H2,1H3. The van der Waals surface area contributed by atoms with Gasteiger partial charge >= 0.3 is 0 Å². The smallest absolute Gasteiger partial charge is 0.248 e. The Balaban J connectivity index is 1.31. The van der Waals surface area contributed by atoms with E-state index in [0.717, 1.165) is 37.7 Å². The summed E-state index contributed by atoms with van der Waals surface area (Å²) in [5, 5.41) is 22.0. The lowest BCUT2D eigenvalue weighted by Gasteiger charge is -2.46. The summed E-state index contributed by atoms with van der Waals surface area (Å²) in [6, 6.07) is 7.28. The number of piperidine rings is 1. The summed E-state index contributed by atoms with van der Waals surface area (Å²) >= 11 is 6.11. The zero-order chi connectivity index (χ0) is 25.8. The van der Waals surface area contributed by atoms with E-state index in [4.69, 9.17) is 22.0 Å². The molecule has 0 aromatic heterocycles. The molecule has 2 heterocycles. The number of aliphatic hydroxyl groups excluding tert-OH is 1. The summed E-state index contributed by atoms with van der Waals surface area (Å²) in [5.74, 6) is 0.449. The van der Waals surface area contributed by atoms with Gasteiger partial charge in [0, 0.05) is 32.7 Å². The number of rotatable bonds is 6. The van der Waals surface area contributed by atoms with E-state index in [2.05, 4.69) is 5.32 Å². The van der Waals surface area contributed by atoms with E-state index in [9.17, 15) is 14.4 Å². The highest BCUT2D eigenvalue weighted by Crippen LogP contribution is 2.40. The number of nitrogens with one attached hydrogen (secondary N) is 1. The van der Waals surface area contributed by atoms with E-state index in [1.165, 1.54) is 0 Å². The molecule has 3 unspecified atom stereocenters. The monoisotopic (exact) mass is 515 g/mol. The van der Waals surface area contributed by atoms with Gasteiger partial charge in [-0.25, -0.2) is 0 Å². The van der Waals surface area contributed by atoms with Gasteiger partial charge in [0.1, 0.15) is 19.2 Å². The first-order chi connectivity index (χ1) is 17.3. The van der Waals surface area contributed by atoms with Gasteiger partial charge in [-0.15, -0.1) is 0 Å². The largest absolute Gasteiger partial charge is 0.387 e. The lowest BCUT2D eigenvalue weighted by molar-refractivity contribution is -0.148. The lowest BCUT2D eigenvalue weighted by Crippen LogP contribution is -2.60. The normalized spacial score (nSPS) is 24.7. The van der Waals surface area contributed by atoms with Crippen LogP contribution in [0.2, 0.25) is 5.02 Å². The third-order valence-electron chi connectivity index (χ3n) is 8.08. The van der Waals surface area contributed by atoms with E-state index in [1.807, 2.05) is 6.07 Å². The molecule has 2 N–H and O–H groups in total. The second-order valence-corrected chi connectivity index (χ2v) is 10.6. The number of nitriles is 1. The van der Waals surface area contributed by atoms with Gasteiger partial charge in [0.25, 0.3) is 0 Å². The molecular weight excluding hydrogens is 482 g/mol. The molecule has 0 bridgehead atoms. The van der Waals surface area contributed by atoms with Crippen molar-refractivity contribution in [2.75, 3.05) is 40.0 Å². The molecule has 3 amide bonds. The van der Waals surface area contributed by atoms with Crippen LogP contribution in [0.5, 0.6) is 0 Å². The van der Waals surface area contributed by atoms with Crippen LogP contribution in [0.15, 0.2) is 18.2 Å². The average Bonchev–Trinajstić information content (AvgIpc) is 2.89. The molecular formula is C26H34ClN5O4. The van der Waals surface area contributed by atoms with Crippen molar-refractivity contribution < 1.29 is 19.5 Å². The van der Waals surface area contributed by atoms with Crippen LogP contribution in [-0.2, 0) is 20.9 Å². The molecule has 1 aliphatic carbocycles. The summed E-state index contributed by atoms with van der Waals surface area (Å²) in [6.45, 7) is 1.61. The minimum Gasteiger partial charge on any atom is -0.387 e. The predicted octanol–water partition coefficient (Wildman–Crippen LogP) is 1.58. The first-order valence-electron chi connectivity index (χ1n) is 12.6. The Morgan fingerprint density at radius 3 is 2.64 bits per heavy atom. The Bertz CT molecular complexity index is 1040. The van der Waals surface area contributed by atoms with E-state index in [1.54, 1.807) is 39.9 Å². The van der Waals surface area contributed by atoms with Crippen molar-refractivity contribution in [1.82, 2.24) is 20.0 Å². The number of likely N-dealkylation sites (tertiary alicyclic amines) is 1. The summed E-state index contributed by atoms with van der Waals surface area (Å²) in [6.07, 6.45) is 4.62. The van der Waals surface area contributed by atoms with Crippen molar-refractivity contribution in [2.24, 2.45) is 17.8 Å². The van der Waals surface area contributed by atoms with Gasteiger partial charge in [-0.05, 0) is 61.6 Å². The molecule has 1 aromatic carbocycles. The number of halogens is 1. The van der Waals surface area contributed by atoms with Crippen LogP contribution >= 0.6 is 11.6 Å². The van der Waals surface area contributed by atoms with Crippen LogP contribution in [0.3, 0.4) is 0 Å². The van der Waals surface area contributed by atoms with Gasteiger partial charge in [-0.3, -0.25) is 19.7 Å². The van der Waals surface area contributed by atoms with Gasteiger partial charge in [0.05, 0.1) is 23.2 Å². The van der Waals surface area contributed by atoms with E-state index >= 15 is 0 Å². The molecule has 1 aromatic rings. The summed E-state index contributed by atoms with van der Waals surface area (Å²) < 4.78 is 0. The molecule has 194 valence electrons. The van der Waals surface area contributed by atoms with Crippen LogP contribution in [-0.4, -0.2) is 83.5 Å². The number of carbonyl (C=O) groups excluding carboxylic acids is 3. The zero-order valence-electron chi connectivity index (χ0n) is 20.7. The second-order valence-electron chi connectivity index (χ2n) is 10.2. The average molecular weight is 516 g/mol. The number of fused-ring (bicyclic) bond motifs is 1. The number of hydrogen-bond acceptors (Lipinski definition) is 6. The number of benzene rings is 1.